The number of amides is 1. The topological polar surface area (TPSA) is 56.7 Å². The van der Waals surface area contributed by atoms with E-state index in [-0.39, 0.29) is 29.9 Å². The van der Waals surface area contributed by atoms with Crippen LogP contribution in [0.3, 0.4) is 0 Å². The number of benzene rings is 2. The molecule has 1 amide bonds. The highest BCUT2D eigenvalue weighted by atomic mass is 127. The summed E-state index contributed by atoms with van der Waals surface area (Å²) >= 11 is 0. The normalized spacial score (nSPS) is 10.7. The summed E-state index contributed by atoms with van der Waals surface area (Å²) in [5.41, 5.74) is 3.57. The van der Waals surface area contributed by atoms with Crippen LogP contribution in [0.1, 0.15) is 23.1 Å². The monoisotopic (exact) mass is 480 g/mol. The van der Waals surface area contributed by atoms with Gasteiger partial charge in [-0.1, -0.05) is 60.2 Å². The predicted octanol–water partition coefficient (Wildman–Crippen LogP) is 3.33. The van der Waals surface area contributed by atoms with Gasteiger partial charge >= 0.3 is 0 Å². The van der Waals surface area contributed by atoms with E-state index < -0.39 is 0 Å². The second-order valence-corrected chi connectivity index (χ2v) is 6.32. The summed E-state index contributed by atoms with van der Waals surface area (Å²) in [6, 6.07) is 18.4. The molecule has 0 atom stereocenters. The van der Waals surface area contributed by atoms with E-state index in [0.29, 0.717) is 32.0 Å². The Morgan fingerprint density at radius 2 is 1.67 bits per heavy atom. The van der Waals surface area contributed by atoms with Crippen LogP contribution >= 0.6 is 24.0 Å². The number of nitrogens with one attached hydrogen (secondary N) is 2. The molecule has 0 saturated carbocycles. The van der Waals surface area contributed by atoms with E-state index in [9.17, 15) is 4.79 Å². The Kier molecular flexibility index (Phi) is 10.5. The Bertz CT molecular complexity index is 717. The first kappa shape index (κ1) is 23.0. The molecule has 0 radical (unpaired) electrons. The molecule has 0 bridgehead atoms. The van der Waals surface area contributed by atoms with Crippen molar-refractivity contribution in [1.82, 2.24) is 15.5 Å². The third-order valence-electron chi connectivity index (χ3n) is 4.12. The minimum atomic E-state index is 0. The molecule has 2 aromatic carbocycles. The highest BCUT2D eigenvalue weighted by molar-refractivity contribution is 14.0. The number of rotatable bonds is 7. The number of hydrogen-bond donors (Lipinski definition) is 2. The van der Waals surface area contributed by atoms with Gasteiger partial charge in [-0.2, -0.15) is 0 Å². The number of aryl methyl sites for hydroxylation is 1. The first-order chi connectivity index (χ1) is 12.6. The Morgan fingerprint density at radius 3 is 2.30 bits per heavy atom. The van der Waals surface area contributed by atoms with Crippen molar-refractivity contribution < 1.29 is 4.79 Å². The molecule has 0 fully saturated rings. The van der Waals surface area contributed by atoms with Crippen LogP contribution in [0.15, 0.2) is 59.6 Å². The van der Waals surface area contributed by atoms with E-state index in [0.717, 1.165) is 5.56 Å². The molecule has 2 aromatic rings. The highest BCUT2D eigenvalue weighted by Gasteiger charge is 2.09. The molecule has 0 aliphatic carbocycles. The molecular weight excluding hydrogens is 451 g/mol. The first-order valence-corrected chi connectivity index (χ1v) is 8.86. The molecule has 27 heavy (non-hydrogen) atoms. The summed E-state index contributed by atoms with van der Waals surface area (Å²) in [4.78, 5) is 18.2. The summed E-state index contributed by atoms with van der Waals surface area (Å²) in [5.74, 6) is 0.805. The van der Waals surface area contributed by atoms with E-state index in [1.165, 1.54) is 11.1 Å². The van der Waals surface area contributed by atoms with Crippen molar-refractivity contribution in [2.24, 2.45) is 4.99 Å². The SMILES string of the molecule is CN=C(NCCC(=O)N(C)Cc1ccccc1)NCc1ccc(C)cc1.I. The zero-order valence-corrected chi connectivity index (χ0v) is 18.6. The fourth-order valence-corrected chi connectivity index (χ4v) is 2.54. The lowest BCUT2D eigenvalue weighted by Gasteiger charge is -2.18. The van der Waals surface area contributed by atoms with Crippen molar-refractivity contribution in [2.45, 2.75) is 26.4 Å². The third kappa shape index (κ3) is 8.43. The van der Waals surface area contributed by atoms with Gasteiger partial charge in [0.2, 0.25) is 5.91 Å². The lowest BCUT2D eigenvalue weighted by molar-refractivity contribution is -0.130. The highest BCUT2D eigenvalue weighted by Crippen LogP contribution is 2.04. The number of carbonyl (C=O) groups is 1. The Balaban J connectivity index is 0.00000364. The number of carbonyl (C=O) groups excluding carboxylic acids is 1. The minimum Gasteiger partial charge on any atom is -0.356 e. The van der Waals surface area contributed by atoms with E-state index >= 15 is 0 Å². The molecule has 2 rings (SSSR count). The average molecular weight is 480 g/mol. The van der Waals surface area contributed by atoms with Gasteiger partial charge in [-0.15, -0.1) is 24.0 Å². The molecule has 0 aliphatic rings. The lowest BCUT2D eigenvalue weighted by atomic mass is 10.1. The van der Waals surface area contributed by atoms with E-state index in [4.69, 9.17) is 0 Å². The summed E-state index contributed by atoms with van der Waals surface area (Å²) in [7, 11) is 3.56. The zero-order chi connectivity index (χ0) is 18.8. The van der Waals surface area contributed by atoms with Crippen LogP contribution in [0.4, 0.5) is 0 Å². The van der Waals surface area contributed by atoms with Crippen LogP contribution < -0.4 is 10.6 Å². The molecule has 146 valence electrons. The van der Waals surface area contributed by atoms with Gasteiger partial charge < -0.3 is 15.5 Å². The van der Waals surface area contributed by atoms with E-state index in [1.807, 2.05) is 37.4 Å². The molecule has 0 aromatic heterocycles. The van der Waals surface area contributed by atoms with E-state index in [2.05, 4.69) is 46.8 Å². The molecule has 5 nitrogen and oxygen atoms in total. The molecular formula is C21H29IN4O. The Labute approximate surface area is 179 Å². The summed E-state index contributed by atoms with van der Waals surface area (Å²) in [6.07, 6.45) is 0.425. The van der Waals surface area contributed by atoms with Crippen molar-refractivity contribution in [1.29, 1.82) is 0 Å². The maximum absolute atomic E-state index is 12.3. The summed E-state index contributed by atoms with van der Waals surface area (Å²) in [6.45, 7) is 3.94. The maximum atomic E-state index is 12.3. The second kappa shape index (κ2) is 12.3. The van der Waals surface area contributed by atoms with Gasteiger partial charge in [-0.3, -0.25) is 9.79 Å². The van der Waals surface area contributed by atoms with Gasteiger partial charge in [-0.05, 0) is 18.1 Å². The lowest BCUT2D eigenvalue weighted by Crippen LogP contribution is -2.39. The average Bonchev–Trinajstić information content (AvgIpc) is 2.66. The van der Waals surface area contributed by atoms with Crippen molar-refractivity contribution in [3.8, 4) is 0 Å². The van der Waals surface area contributed by atoms with Crippen molar-refractivity contribution in [2.75, 3.05) is 20.6 Å². The van der Waals surface area contributed by atoms with Gasteiger partial charge in [-0.25, -0.2) is 0 Å². The standard InChI is InChI=1S/C21H28N4O.HI/c1-17-9-11-18(12-10-17)15-24-21(22-2)23-14-13-20(26)25(3)16-19-7-5-4-6-8-19;/h4-12H,13-16H2,1-3H3,(H2,22,23,24);1H. The molecule has 0 heterocycles. The quantitative estimate of drug-likeness (QED) is 0.363. The Hall–Kier alpha value is -2.09. The van der Waals surface area contributed by atoms with Crippen LogP contribution in [0.5, 0.6) is 0 Å². The predicted molar refractivity (Wildman–Crippen MR) is 122 cm³/mol. The number of guanidine groups is 1. The summed E-state index contributed by atoms with van der Waals surface area (Å²) < 4.78 is 0. The molecule has 6 heteroatoms. The smallest absolute Gasteiger partial charge is 0.224 e. The number of aliphatic imine (C=N–C) groups is 1. The molecule has 0 saturated heterocycles. The van der Waals surface area contributed by atoms with E-state index in [1.54, 1.807) is 11.9 Å². The molecule has 0 aliphatic heterocycles. The third-order valence-corrected chi connectivity index (χ3v) is 4.12. The van der Waals surface area contributed by atoms with Gasteiger partial charge in [0.1, 0.15) is 0 Å². The Morgan fingerprint density at radius 1 is 1.00 bits per heavy atom. The maximum Gasteiger partial charge on any atom is 0.224 e. The van der Waals surface area contributed by atoms with Crippen LogP contribution in [0.25, 0.3) is 0 Å². The first-order valence-electron chi connectivity index (χ1n) is 8.86. The van der Waals surface area contributed by atoms with Crippen LogP contribution in [-0.4, -0.2) is 37.4 Å². The van der Waals surface area contributed by atoms with Crippen LogP contribution in [0, 0.1) is 6.92 Å². The molecule has 0 spiro atoms. The fraction of sp³-hybridized carbons (Fsp3) is 0.333. The minimum absolute atomic E-state index is 0. The van der Waals surface area contributed by atoms with Gasteiger partial charge in [0, 0.05) is 40.2 Å². The van der Waals surface area contributed by atoms with Gasteiger partial charge in [0.05, 0.1) is 0 Å². The largest absolute Gasteiger partial charge is 0.356 e. The zero-order valence-electron chi connectivity index (χ0n) is 16.2. The number of nitrogens with zero attached hydrogens (tertiary/aromatic N) is 2. The fourth-order valence-electron chi connectivity index (χ4n) is 2.54. The summed E-state index contributed by atoms with van der Waals surface area (Å²) in [5, 5.41) is 6.45. The molecule has 2 N–H and O–H groups in total. The number of halogens is 1. The van der Waals surface area contributed by atoms with Crippen LogP contribution in [-0.2, 0) is 17.9 Å². The van der Waals surface area contributed by atoms with Gasteiger partial charge in [0.15, 0.2) is 5.96 Å². The van der Waals surface area contributed by atoms with Crippen molar-refractivity contribution >= 4 is 35.8 Å². The number of hydrogen-bond acceptors (Lipinski definition) is 2. The second-order valence-electron chi connectivity index (χ2n) is 6.32. The van der Waals surface area contributed by atoms with Crippen LogP contribution in [0.2, 0.25) is 0 Å². The van der Waals surface area contributed by atoms with Crippen molar-refractivity contribution in [3.05, 3.63) is 71.3 Å². The van der Waals surface area contributed by atoms with Crippen molar-refractivity contribution in [3.63, 3.8) is 0 Å². The molecule has 0 unspecified atom stereocenters. The van der Waals surface area contributed by atoms with Gasteiger partial charge in [0.25, 0.3) is 0 Å².